The minimum Gasteiger partial charge on any atom is -0.484 e. The highest BCUT2D eigenvalue weighted by molar-refractivity contribution is 5.28. The molecule has 0 bridgehead atoms. The van der Waals surface area contributed by atoms with Gasteiger partial charge in [0.2, 0.25) is 0 Å². The third-order valence-corrected chi connectivity index (χ3v) is 3.37. The summed E-state index contributed by atoms with van der Waals surface area (Å²) >= 11 is 0. The van der Waals surface area contributed by atoms with E-state index in [-0.39, 0.29) is 5.75 Å². The molecule has 5 heteroatoms. The minimum absolute atomic E-state index is 0.280. The highest BCUT2D eigenvalue weighted by Crippen LogP contribution is 2.30. The predicted octanol–water partition coefficient (Wildman–Crippen LogP) is 3.86. The van der Waals surface area contributed by atoms with Gasteiger partial charge in [-0.25, -0.2) is 0 Å². The minimum atomic E-state index is -4.29. The second kappa shape index (κ2) is 6.48. The van der Waals surface area contributed by atoms with Crippen molar-refractivity contribution in [3.63, 3.8) is 0 Å². The average Bonchev–Trinajstić information content (AvgIpc) is 3.19. The summed E-state index contributed by atoms with van der Waals surface area (Å²) in [6.07, 6.45) is -1.70. The van der Waals surface area contributed by atoms with Crippen LogP contribution in [0.15, 0.2) is 24.3 Å². The Balaban J connectivity index is 1.90. The van der Waals surface area contributed by atoms with Gasteiger partial charge in [-0.05, 0) is 43.0 Å². The number of hydrogen-bond donors (Lipinski definition) is 0. The molecular weight excluding hydrogens is 267 g/mol. The SMILES string of the molecule is CCN(Cc1cccc(OCC(F)(F)F)c1)CC1CC1. The zero-order valence-electron chi connectivity index (χ0n) is 11.6. The molecule has 0 atom stereocenters. The maximum absolute atomic E-state index is 12.1. The van der Waals surface area contributed by atoms with E-state index in [9.17, 15) is 13.2 Å². The first-order valence-corrected chi connectivity index (χ1v) is 6.97. The Hall–Kier alpha value is -1.23. The van der Waals surface area contributed by atoms with Crippen molar-refractivity contribution in [2.75, 3.05) is 19.7 Å². The molecule has 0 aliphatic heterocycles. The topological polar surface area (TPSA) is 12.5 Å². The van der Waals surface area contributed by atoms with E-state index >= 15 is 0 Å². The molecule has 2 rings (SSSR count). The molecule has 0 amide bonds. The van der Waals surface area contributed by atoms with Crippen molar-refractivity contribution < 1.29 is 17.9 Å². The van der Waals surface area contributed by atoms with Crippen LogP contribution in [0.25, 0.3) is 0 Å². The van der Waals surface area contributed by atoms with Crippen LogP contribution in [-0.4, -0.2) is 30.8 Å². The van der Waals surface area contributed by atoms with Crippen LogP contribution in [0.1, 0.15) is 25.3 Å². The number of alkyl halides is 3. The monoisotopic (exact) mass is 287 g/mol. The lowest BCUT2D eigenvalue weighted by Gasteiger charge is -2.20. The normalized spacial score (nSPS) is 15.7. The first kappa shape index (κ1) is 15.2. The van der Waals surface area contributed by atoms with E-state index < -0.39 is 12.8 Å². The van der Waals surface area contributed by atoms with Crippen LogP contribution in [0.4, 0.5) is 13.2 Å². The first-order valence-electron chi connectivity index (χ1n) is 6.97. The zero-order valence-corrected chi connectivity index (χ0v) is 11.6. The highest BCUT2D eigenvalue weighted by atomic mass is 19.4. The third-order valence-electron chi connectivity index (χ3n) is 3.37. The van der Waals surface area contributed by atoms with Crippen LogP contribution in [0.2, 0.25) is 0 Å². The molecule has 0 spiro atoms. The van der Waals surface area contributed by atoms with Crippen molar-refractivity contribution in [3.05, 3.63) is 29.8 Å². The second-order valence-electron chi connectivity index (χ2n) is 5.32. The zero-order chi connectivity index (χ0) is 14.6. The number of halogens is 3. The lowest BCUT2D eigenvalue weighted by molar-refractivity contribution is -0.153. The summed E-state index contributed by atoms with van der Waals surface area (Å²) in [4.78, 5) is 2.32. The third kappa shape index (κ3) is 5.41. The summed E-state index contributed by atoms with van der Waals surface area (Å²) < 4.78 is 41.1. The Morgan fingerprint density at radius 3 is 2.65 bits per heavy atom. The maximum Gasteiger partial charge on any atom is 0.422 e. The number of rotatable bonds is 7. The molecule has 1 fully saturated rings. The van der Waals surface area contributed by atoms with Gasteiger partial charge < -0.3 is 4.74 Å². The standard InChI is InChI=1S/C15H20F3NO/c1-2-19(9-12-6-7-12)10-13-4-3-5-14(8-13)20-11-15(16,17)18/h3-5,8,12H,2,6-7,9-11H2,1H3. The van der Waals surface area contributed by atoms with Gasteiger partial charge in [0, 0.05) is 13.1 Å². The van der Waals surface area contributed by atoms with Gasteiger partial charge in [0.05, 0.1) is 0 Å². The van der Waals surface area contributed by atoms with Crippen LogP contribution >= 0.6 is 0 Å². The van der Waals surface area contributed by atoms with Crippen LogP contribution in [-0.2, 0) is 6.54 Å². The molecule has 0 unspecified atom stereocenters. The molecule has 1 aromatic carbocycles. The predicted molar refractivity (Wildman–Crippen MR) is 71.7 cm³/mol. The van der Waals surface area contributed by atoms with E-state index in [1.807, 2.05) is 6.07 Å². The van der Waals surface area contributed by atoms with Crippen molar-refractivity contribution in [1.82, 2.24) is 4.90 Å². The fourth-order valence-electron chi connectivity index (χ4n) is 2.13. The molecule has 1 aromatic rings. The molecule has 1 aliphatic carbocycles. The van der Waals surface area contributed by atoms with Gasteiger partial charge in [-0.2, -0.15) is 13.2 Å². The fourth-order valence-corrected chi connectivity index (χ4v) is 2.13. The van der Waals surface area contributed by atoms with Crippen molar-refractivity contribution in [1.29, 1.82) is 0 Å². The summed E-state index contributed by atoms with van der Waals surface area (Å²) in [6.45, 7) is 3.65. The quantitative estimate of drug-likeness (QED) is 0.755. The Kier molecular flexibility index (Phi) is 4.91. The number of benzene rings is 1. The number of ether oxygens (including phenoxy) is 1. The molecule has 2 nitrogen and oxygen atoms in total. The summed E-state index contributed by atoms with van der Waals surface area (Å²) in [5, 5.41) is 0. The molecule has 1 saturated carbocycles. The maximum atomic E-state index is 12.1. The van der Waals surface area contributed by atoms with Crippen molar-refractivity contribution in [3.8, 4) is 5.75 Å². The smallest absolute Gasteiger partial charge is 0.422 e. The lowest BCUT2D eigenvalue weighted by Crippen LogP contribution is -2.25. The van der Waals surface area contributed by atoms with Gasteiger partial charge >= 0.3 is 6.18 Å². The lowest BCUT2D eigenvalue weighted by atomic mass is 10.2. The average molecular weight is 287 g/mol. The van der Waals surface area contributed by atoms with Crippen LogP contribution in [0.5, 0.6) is 5.75 Å². The van der Waals surface area contributed by atoms with E-state index in [4.69, 9.17) is 4.74 Å². The molecule has 0 heterocycles. The van der Waals surface area contributed by atoms with Gasteiger partial charge in [0.1, 0.15) is 5.75 Å². The summed E-state index contributed by atoms with van der Waals surface area (Å²) in [7, 11) is 0. The van der Waals surface area contributed by atoms with E-state index in [1.165, 1.54) is 12.8 Å². The Morgan fingerprint density at radius 1 is 1.30 bits per heavy atom. The molecular formula is C15H20F3NO. The van der Waals surface area contributed by atoms with Gasteiger partial charge in [-0.3, -0.25) is 4.90 Å². The molecule has 0 radical (unpaired) electrons. The van der Waals surface area contributed by atoms with Gasteiger partial charge in [0.15, 0.2) is 6.61 Å². The van der Waals surface area contributed by atoms with E-state index in [2.05, 4.69) is 11.8 Å². The van der Waals surface area contributed by atoms with E-state index in [0.717, 1.165) is 31.1 Å². The Labute approximate surface area is 117 Å². The molecule has 20 heavy (non-hydrogen) atoms. The fraction of sp³-hybridized carbons (Fsp3) is 0.600. The van der Waals surface area contributed by atoms with Crippen molar-refractivity contribution >= 4 is 0 Å². The first-order chi connectivity index (χ1) is 9.46. The molecule has 0 N–H and O–H groups in total. The van der Waals surface area contributed by atoms with Gasteiger partial charge in [-0.1, -0.05) is 19.1 Å². The Morgan fingerprint density at radius 2 is 2.05 bits per heavy atom. The molecule has 0 aromatic heterocycles. The molecule has 0 saturated heterocycles. The summed E-state index contributed by atoms with van der Waals surface area (Å²) in [5.74, 6) is 1.09. The number of hydrogen-bond acceptors (Lipinski definition) is 2. The molecule has 1 aliphatic rings. The highest BCUT2D eigenvalue weighted by Gasteiger charge is 2.28. The van der Waals surface area contributed by atoms with E-state index in [1.54, 1.807) is 18.2 Å². The number of nitrogens with zero attached hydrogens (tertiary/aromatic N) is 1. The van der Waals surface area contributed by atoms with E-state index in [0.29, 0.717) is 0 Å². The molecule has 112 valence electrons. The van der Waals surface area contributed by atoms with Crippen molar-refractivity contribution in [2.45, 2.75) is 32.5 Å². The largest absolute Gasteiger partial charge is 0.484 e. The van der Waals surface area contributed by atoms with Crippen molar-refractivity contribution in [2.24, 2.45) is 5.92 Å². The van der Waals surface area contributed by atoms with Crippen LogP contribution in [0, 0.1) is 5.92 Å². The summed E-state index contributed by atoms with van der Waals surface area (Å²) in [5.41, 5.74) is 0.993. The second-order valence-corrected chi connectivity index (χ2v) is 5.32. The van der Waals surface area contributed by atoms with Crippen LogP contribution < -0.4 is 4.74 Å². The summed E-state index contributed by atoms with van der Waals surface area (Å²) in [6, 6.07) is 6.93. The van der Waals surface area contributed by atoms with Gasteiger partial charge in [-0.15, -0.1) is 0 Å². The Bertz CT molecular complexity index is 429. The van der Waals surface area contributed by atoms with Crippen LogP contribution in [0.3, 0.4) is 0 Å². The van der Waals surface area contributed by atoms with Gasteiger partial charge in [0.25, 0.3) is 0 Å².